The smallest absolute Gasteiger partial charge is 0.270 e. The highest BCUT2D eigenvalue weighted by atomic mass is 16.5. The van der Waals surface area contributed by atoms with E-state index >= 15 is 0 Å². The van der Waals surface area contributed by atoms with E-state index in [0.717, 1.165) is 25.7 Å². The first-order chi connectivity index (χ1) is 15.9. The van der Waals surface area contributed by atoms with Crippen LogP contribution in [0.4, 0.5) is 5.82 Å². The molecule has 10 heteroatoms. The van der Waals surface area contributed by atoms with Crippen LogP contribution >= 0.6 is 0 Å². The predicted octanol–water partition coefficient (Wildman–Crippen LogP) is 1.65. The maximum atomic E-state index is 13.3. The summed E-state index contributed by atoms with van der Waals surface area (Å²) in [6, 6.07) is 4.15. The topological polar surface area (TPSA) is 127 Å². The molecule has 0 aromatic carbocycles. The monoisotopic (exact) mass is 454 g/mol. The molecule has 2 fully saturated rings. The normalized spacial score (nSPS) is 23.5. The van der Waals surface area contributed by atoms with E-state index in [1.54, 1.807) is 31.4 Å². The number of hydrogen-bond acceptors (Lipinski definition) is 6. The largest absolute Gasteiger partial charge is 0.480 e. The lowest BCUT2D eigenvalue weighted by Gasteiger charge is -2.32. The number of nitrogens with one attached hydrogen (secondary N) is 3. The van der Waals surface area contributed by atoms with Crippen LogP contribution in [0, 0.1) is 11.8 Å². The Kier molecular flexibility index (Phi) is 6.90. The summed E-state index contributed by atoms with van der Waals surface area (Å²) >= 11 is 0. The van der Waals surface area contributed by atoms with Gasteiger partial charge >= 0.3 is 0 Å². The van der Waals surface area contributed by atoms with E-state index in [1.807, 2.05) is 0 Å². The van der Waals surface area contributed by atoms with Crippen LogP contribution in [0.25, 0.3) is 0 Å². The third kappa shape index (κ3) is 5.50. The van der Waals surface area contributed by atoms with Crippen LogP contribution < -0.4 is 20.7 Å². The predicted molar refractivity (Wildman–Crippen MR) is 120 cm³/mol. The van der Waals surface area contributed by atoms with Crippen molar-refractivity contribution in [2.75, 3.05) is 11.9 Å². The highest BCUT2D eigenvalue weighted by molar-refractivity contribution is 6.00. The van der Waals surface area contributed by atoms with Gasteiger partial charge in [-0.2, -0.15) is 5.10 Å². The highest BCUT2D eigenvalue weighted by Gasteiger charge is 2.33. The molecule has 3 heterocycles. The van der Waals surface area contributed by atoms with Crippen molar-refractivity contribution in [1.29, 1.82) is 0 Å². The molecular formula is C23H30N6O4. The van der Waals surface area contributed by atoms with Crippen molar-refractivity contribution in [3.05, 3.63) is 36.3 Å². The van der Waals surface area contributed by atoms with Crippen LogP contribution in [0.2, 0.25) is 0 Å². The molecule has 176 valence electrons. The lowest BCUT2D eigenvalue weighted by molar-refractivity contribution is -0.125. The first kappa shape index (κ1) is 22.8. The number of carbonyl (C=O) groups excluding carboxylic acids is 3. The summed E-state index contributed by atoms with van der Waals surface area (Å²) in [6.45, 7) is 2.79. The molecule has 33 heavy (non-hydrogen) atoms. The van der Waals surface area contributed by atoms with Crippen LogP contribution in [0.15, 0.2) is 30.6 Å². The molecule has 3 N–H and O–H groups in total. The summed E-state index contributed by atoms with van der Waals surface area (Å²) in [4.78, 5) is 42.2. The molecule has 10 nitrogen and oxygen atoms in total. The van der Waals surface area contributed by atoms with Crippen molar-refractivity contribution >= 4 is 23.5 Å². The number of nitrogens with zero attached hydrogens (tertiary/aromatic N) is 3. The molecule has 2 atom stereocenters. The number of hydrogen-bond donors (Lipinski definition) is 3. The summed E-state index contributed by atoms with van der Waals surface area (Å²) in [6.07, 6.45) is 6.85. The van der Waals surface area contributed by atoms with E-state index in [9.17, 15) is 14.4 Å². The first-order valence-corrected chi connectivity index (χ1v) is 11.4. The van der Waals surface area contributed by atoms with E-state index in [2.05, 4.69) is 33.0 Å². The standard InChI is InChI=1S/C23H30N6O4/c1-14-3-5-15(6-4-14)20(28-21(30)17-8-12-26-29(17)2)23(32)27-19-13-16(7-10-24-19)33-18-9-11-25-22(18)31/h7-8,10,12-15,18,20H,3-6,9,11H2,1-2H3,(H,25,31)(H,28,30)(H,24,27,32)/t14?,15?,18?,20-/m0/s1. The lowest BCUT2D eigenvalue weighted by atomic mass is 9.79. The van der Waals surface area contributed by atoms with Gasteiger partial charge < -0.3 is 20.7 Å². The van der Waals surface area contributed by atoms with E-state index in [-0.39, 0.29) is 23.6 Å². The molecule has 0 bridgehead atoms. The number of aryl methyl sites for hydroxylation is 1. The fourth-order valence-corrected chi connectivity index (χ4v) is 4.43. The molecular weight excluding hydrogens is 424 g/mol. The van der Waals surface area contributed by atoms with Crippen LogP contribution in [-0.4, -0.2) is 51.2 Å². The summed E-state index contributed by atoms with van der Waals surface area (Å²) in [5, 5.41) is 12.5. The van der Waals surface area contributed by atoms with E-state index in [0.29, 0.717) is 36.1 Å². The van der Waals surface area contributed by atoms with Crippen molar-refractivity contribution in [2.24, 2.45) is 18.9 Å². The molecule has 2 aliphatic rings. The fourth-order valence-electron chi connectivity index (χ4n) is 4.43. The second kappa shape index (κ2) is 10.0. The van der Waals surface area contributed by atoms with Gasteiger partial charge in [0.05, 0.1) is 0 Å². The van der Waals surface area contributed by atoms with Gasteiger partial charge in [0.25, 0.3) is 11.8 Å². The minimum Gasteiger partial charge on any atom is -0.480 e. The van der Waals surface area contributed by atoms with Gasteiger partial charge in [-0.3, -0.25) is 19.1 Å². The minimum atomic E-state index is -0.702. The van der Waals surface area contributed by atoms with Crippen molar-refractivity contribution < 1.29 is 19.1 Å². The van der Waals surface area contributed by atoms with E-state index in [1.165, 1.54) is 10.9 Å². The Morgan fingerprint density at radius 3 is 2.64 bits per heavy atom. The van der Waals surface area contributed by atoms with Gasteiger partial charge in [0, 0.05) is 38.5 Å². The van der Waals surface area contributed by atoms with Crippen molar-refractivity contribution in [3.8, 4) is 5.75 Å². The van der Waals surface area contributed by atoms with Gasteiger partial charge in [0.1, 0.15) is 23.3 Å². The van der Waals surface area contributed by atoms with Crippen molar-refractivity contribution in [2.45, 2.75) is 51.2 Å². The number of aromatic nitrogens is 3. The molecule has 1 unspecified atom stereocenters. The molecule has 0 radical (unpaired) electrons. The maximum absolute atomic E-state index is 13.3. The quantitative estimate of drug-likeness (QED) is 0.584. The Balaban J connectivity index is 1.47. The zero-order chi connectivity index (χ0) is 23.4. The molecule has 3 amide bonds. The molecule has 2 aromatic heterocycles. The van der Waals surface area contributed by atoms with Gasteiger partial charge in [0.15, 0.2) is 6.10 Å². The van der Waals surface area contributed by atoms with E-state index in [4.69, 9.17) is 4.74 Å². The molecule has 4 rings (SSSR count). The lowest BCUT2D eigenvalue weighted by Crippen LogP contribution is -2.49. The van der Waals surface area contributed by atoms with E-state index < -0.39 is 12.1 Å². The Morgan fingerprint density at radius 1 is 1.18 bits per heavy atom. The summed E-state index contributed by atoms with van der Waals surface area (Å²) in [7, 11) is 1.69. The number of rotatable bonds is 7. The molecule has 0 spiro atoms. The Bertz CT molecular complexity index is 1010. The highest BCUT2D eigenvalue weighted by Crippen LogP contribution is 2.31. The molecule has 2 aromatic rings. The third-order valence-corrected chi connectivity index (χ3v) is 6.41. The number of pyridine rings is 1. The number of carbonyl (C=O) groups is 3. The Labute approximate surface area is 192 Å². The SMILES string of the molecule is CC1CCC([C@H](NC(=O)c2ccnn2C)C(=O)Nc2cc(OC3CCNC3=O)ccn2)CC1. The zero-order valence-electron chi connectivity index (χ0n) is 18.9. The average molecular weight is 455 g/mol. The zero-order valence-corrected chi connectivity index (χ0v) is 18.9. The number of anilines is 1. The first-order valence-electron chi connectivity index (χ1n) is 11.4. The maximum Gasteiger partial charge on any atom is 0.270 e. The van der Waals surface area contributed by atoms with Crippen LogP contribution in [0.1, 0.15) is 49.5 Å². The number of ether oxygens (including phenoxy) is 1. The third-order valence-electron chi connectivity index (χ3n) is 6.41. The summed E-state index contributed by atoms with van der Waals surface area (Å²) in [5.41, 5.74) is 0.389. The summed E-state index contributed by atoms with van der Waals surface area (Å²) < 4.78 is 7.22. The second-order valence-electron chi connectivity index (χ2n) is 8.86. The molecule has 1 saturated heterocycles. The second-order valence-corrected chi connectivity index (χ2v) is 8.86. The molecule has 1 aliphatic carbocycles. The average Bonchev–Trinajstić information content (AvgIpc) is 3.41. The van der Waals surface area contributed by atoms with Crippen molar-refractivity contribution in [1.82, 2.24) is 25.4 Å². The Morgan fingerprint density at radius 2 is 1.97 bits per heavy atom. The molecule has 1 aliphatic heterocycles. The summed E-state index contributed by atoms with van der Waals surface area (Å²) in [5.74, 6) is 0.575. The minimum absolute atomic E-state index is 0.0278. The van der Waals surface area contributed by atoms with Gasteiger partial charge in [-0.1, -0.05) is 19.8 Å². The number of amides is 3. The van der Waals surface area contributed by atoms with Gasteiger partial charge in [0.2, 0.25) is 5.91 Å². The fraction of sp³-hybridized carbons (Fsp3) is 0.522. The molecule has 1 saturated carbocycles. The van der Waals surface area contributed by atoms with Crippen molar-refractivity contribution in [3.63, 3.8) is 0 Å². The van der Waals surface area contributed by atoms with Gasteiger partial charge in [-0.25, -0.2) is 4.98 Å². The Hall–Kier alpha value is -3.43. The van der Waals surface area contributed by atoms with Crippen LogP contribution in [0.5, 0.6) is 5.75 Å². The van der Waals surface area contributed by atoms with Crippen LogP contribution in [0.3, 0.4) is 0 Å². The van der Waals surface area contributed by atoms with Gasteiger partial charge in [-0.05, 0) is 36.8 Å². The van der Waals surface area contributed by atoms with Gasteiger partial charge in [-0.15, -0.1) is 0 Å². The van der Waals surface area contributed by atoms with Crippen LogP contribution in [-0.2, 0) is 16.6 Å².